The largest absolute Gasteiger partial charge is 0.395 e. The standard InChI is InChI=1S/C12H22N4O2/c1-4-16-11(10(13)9(3)15-16)12(18)14-7-5-6-8(2)17/h8,17H,4-7,13H2,1-3H3,(H,14,18). The van der Waals surface area contributed by atoms with Crippen LogP contribution in [0.25, 0.3) is 0 Å². The minimum atomic E-state index is -0.338. The van der Waals surface area contributed by atoms with Crippen molar-refractivity contribution in [2.24, 2.45) is 0 Å². The fraction of sp³-hybridized carbons (Fsp3) is 0.667. The zero-order valence-electron chi connectivity index (χ0n) is 11.2. The second-order valence-corrected chi connectivity index (χ2v) is 4.41. The molecule has 0 spiro atoms. The third-order valence-electron chi connectivity index (χ3n) is 2.77. The molecule has 6 heteroatoms. The van der Waals surface area contributed by atoms with Gasteiger partial charge in [-0.1, -0.05) is 0 Å². The van der Waals surface area contributed by atoms with Crippen molar-refractivity contribution in [1.82, 2.24) is 15.1 Å². The van der Waals surface area contributed by atoms with E-state index in [1.807, 2.05) is 6.92 Å². The van der Waals surface area contributed by atoms with Gasteiger partial charge >= 0.3 is 0 Å². The monoisotopic (exact) mass is 254 g/mol. The van der Waals surface area contributed by atoms with Crippen molar-refractivity contribution >= 4 is 11.6 Å². The molecule has 1 heterocycles. The molecular formula is C12H22N4O2. The molecule has 0 saturated heterocycles. The lowest BCUT2D eigenvalue weighted by molar-refractivity contribution is 0.0940. The number of nitrogens with zero attached hydrogens (tertiary/aromatic N) is 2. The first-order valence-electron chi connectivity index (χ1n) is 6.26. The van der Waals surface area contributed by atoms with Gasteiger partial charge in [0.25, 0.3) is 5.91 Å². The number of aliphatic hydroxyl groups is 1. The Labute approximate surface area is 107 Å². The van der Waals surface area contributed by atoms with Gasteiger partial charge in [0, 0.05) is 13.1 Å². The number of aromatic nitrogens is 2. The van der Waals surface area contributed by atoms with Gasteiger partial charge in [-0.05, 0) is 33.6 Å². The predicted molar refractivity (Wildman–Crippen MR) is 70.3 cm³/mol. The molecule has 0 bridgehead atoms. The van der Waals surface area contributed by atoms with Gasteiger partial charge in [0.05, 0.1) is 17.5 Å². The van der Waals surface area contributed by atoms with Crippen LogP contribution in [0.1, 0.15) is 42.9 Å². The van der Waals surface area contributed by atoms with E-state index in [1.165, 1.54) is 0 Å². The summed E-state index contributed by atoms with van der Waals surface area (Å²) in [5.41, 5.74) is 7.38. The van der Waals surface area contributed by atoms with E-state index in [2.05, 4.69) is 10.4 Å². The third-order valence-corrected chi connectivity index (χ3v) is 2.77. The number of carbonyl (C=O) groups is 1. The zero-order valence-corrected chi connectivity index (χ0v) is 11.2. The van der Waals surface area contributed by atoms with E-state index in [1.54, 1.807) is 18.5 Å². The van der Waals surface area contributed by atoms with Gasteiger partial charge in [-0.25, -0.2) is 0 Å². The highest BCUT2D eigenvalue weighted by atomic mass is 16.3. The number of aryl methyl sites for hydroxylation is 2. The van der Waals surface area contributed by atoms with Gasteiger partial charge in [-0.3, -0.25) is 9.48 Å². The van der Waals surface area contributed by atoms with Crippen LogP contribution < -0.4 is 11.1 Å². The number of nitrogens with one attached hydrogen (secondary N) is 1. The van der Waals surface area contributed by atoms with Crippen molar-refractivity contribution in [3.63, 3.8) is 0 Å². The van der Waals surface area contributed by atoms with Gasteiger partial charge in [-0.2, -0.15) is 5.10 Å². The number of amides is 1. The fourth-order valence-corrected chi connectivity index (χ4v) is 1.75. The lowest BCUT2D eigenvalue weighted by atomic mass is 10.2. The van der Waals surface area contributed by atoms with Crippen molar-refractivity contribution < 1.29 is 9.90 Å². The first-order chi connectivity index (χ1) is 8.47. The molecule has 0 aliphatic heterocycles. The fourth-order valence-electron chi connectivity index (χ4n) is 1.75. The Kier molecular flexibility index (Phi) is 5.15. The molecule has 0 aliphatic rings. The summed E-state index contributed by atoms with van der Waals surface area (Å²) < 4.78 is 1.61. The van der Waals surface area contributed by atoms with E-state index >= 15 is 0 Å². The van der Waals surface area contributed by atoms with Crippen molar-refractivity contribution in [2.75, 3.05) is 12.3 Å². The molecule has 0 aliphatic carbocycles. The molecule has 102 valence electrons. The Morgan fingerprint density at radius 2 is 2.28 bits per heavy atom. The average molecular weight is 254 g/mol. The van der Waals surface area contributed by atoms with E-state index in [0.717, 1.165) is 6.42 Å². The number of hydrogen-bond donors (Lipinski definition) is 3. The maximum Gasteiger partial charge on any atom is 0.271 e. The quantitative estimate of drug-likeness (QED) is 0.651. The summed E-state index contributed by atoms with van der Waals surface area (Å²) in [5, 5.41) is 16.1. The lowest BCUT2D eigenvalue weighted by Crippen LogP contribution is -2.28. The molecule has 4 N–H and O–H groups in total. The van der Waals surface area contributed by atoms with E-state index in [-0.39, 0.29) is 12.0 Å². The van der Waals surface area contributed by atoms with Crippen LogP contribution in [0, 0.1) is 6.92 Å². The molecule has 1 unspecified atom stereocenters. The second kappa shape index (κ2) is 6.39. The Balaban J connectivity index is 2.61. The zero-order chi connectivity index (χ0) is 13.7. The molecule has 1 aromatic rings. The number of anilines is 1. The molecule has 1 rings (SSSR count). The molecule has 0 fully saturated rings. The SMILES string of the molecule is CCn1nc(C)c(N)c1C(=O)NCCCC(C)O. The highest BCUT2D eigenvalue weighted by Crippen LogP contribution is 2.16. The van der Waals surface area contributed by atoms with E-state index < -0.39 is 0 Å². The Bertz CT molecular complexity index is 412. The third kappa shape index (κ3) is 3.46. The molecular weight excluding hydrogens is 232 g/mol. The van der Waals surface area contributed by atoms with E-state index in [0.29, 0.717) is 36.6 Å². The Morgan fingerprint density at radius 3 is 2.83 bits per heavy atom. The van der Waals surface area contributed by atoms with Crippen molar-refractivity contribution in [3.8, 4) is 0 Å². The summed E-state index contributed by atoms with van der Waals surface area (Å²) in [4.78, 5) is 12.0. The van der Waals surface area contributed by atoms with Crippen molar-refractivity contribution in [1.29, 1.82) is 0 Å². The molecule has 18 heavy (non-hydrogen) atoms. The maximum absolute atomic E-state index is 12.0. The van der Waals surface area contributed by atoms with Gasteiger partial charge in [0.2, 0.25) is 0 Å². The van der Waals surface area contributed by atoms with Crippen LogP contribution in [-0.4, -0.2) is 33.4 Å². The van der Waals surface area contributed by atoms with Crippen molar-refractivity contribution in [2.45, 2.75) is 46.3 Å². The minimum Gasteiger partial charge on any atom is -0.395 e. The van der Waals surface area contributed by atoms with E-state index in [9.17, 15) is 4.79 Å². The normalized spacial score (nSPS) is 12.4. The van der Waals surface area contributed by atoms with Crippen LogP contribution in [-0.2, 0) is 6.54 Å². The van der Waals surface area contributed by atoms with Crippen LogP contribution >= 0.6 is 0 Å². The number of hydrogen-bond acceptors (Lipinski definition) is 4. The minimum absolute atomic E-state index is 0.208. The number of carbonyl (C=O) groups excluding carboxylic acids is 1. The average Bonchev–Trinajstić information content (AvgIpc) is 2.60. The highest BCUT2D eigenvalue weighted by Gasteiger charge is 2.18. The van der Waals surface area contributed by atoms with Crippen LogP contribution in [0.5, 0.6) is 0 Å². The Morgan fingerprint density at radius 1 is 1.61 bits per heavy atom. The summed E-state index contributed by atoms with van der Waals surface area (Å²) >= 11 is 0. The highest BCUT2D eigenvalue weighted by molar-refractivity contribution is 5.97. The Hall–Kier alpha value is -1.56. The molecule has 0 saturated carbocycles. The van der Waals surface area contributed by atoms with Crippen LogP contribution in [0.3, 0.4) is 0 Å². The number of nitrogens with two attached hydrogens (primary N) is 1. The summed E-state index contributed by atoms with van der Waals surface area (Å²) in [6.07, 6.45) is 1.07. The smallest absolute Gasteiger partial charge is 0.271 e. The molecule has 0 radical (unpaired) electrons. The molecule has 1 aromatic heterocycles. The number of nitrogen functional groups attached to an aromatic ring is 1. The maximum atomic E-state index is 12.0. The van der Waals surface area contributed by atoms with Crippen LogP contribution in [0.15, 0.2) is 0 Å². The number of aliphatic hydroxyl groups excluding tert-OH is 1. The lowest BCUT2D eigenvalue weighted by Gasteiger charge is -2.08. The predicted octanol–water partition coefficient (Wildman–Crippen LogP) is 0.684. The number of rotatable bonds is 6. The second-order valence-electron chi connectivity index (χ2n) is 4.41. The topological polar surface area (TPSA) is 93.2 Å². The summed E-state index contributed by atoms with van der Waals surface area (Å²) in [6, 6.07) is 0. The molecule has 1 atom stereocenters. The summed E-state index contributed by atoms with van der Waals surface area (Å²) in [5.74, 6) is -0.208. The van der Waals surface area contributed by atoms with Gasteiger partial charge in [0.15, 0.2) is 0 Å². The van der Waals surface area contributed by atoms with Crippen molar-refractivity contribution in [3.05, 3.63) is 11.4 Å². The summed E-state index contributed by atoms with van der Waals surface area (Å²) in [7, 11) is 0. The first-order valence-corrected chi connectivity index (χ1v) is 6.26. The van der Waals surface area contributed by atoms with Gasteiger partial charge < -0.3 is 16.2 Å². The van der Waals surface area contributed by atoms with Crippen LogP contribution in [0.4, 0.5) is 5.69 Å². The first kappa shape index (κ1) is 14.5. The molecule has 6 nitrogen and oxygen atoms in total. The van der Waals surface area contributed by atoms with Gasteiger partial charge in [-0.15, -0.1) is 0 Å². The molecule has 0 aromatic carbocycles. The molecule has 1 amide bonds. The van der Waals surface area contributed by atoms with E-state index in [4.69, 9.17) is 10.8 Å². The van der Waals surface area contributed by atoms with Gasteiger partial charge in [0.1, 0.15) is 5.69 Å². The summed E-state index contributed by atoms with van der Waals surface area (Å²) in [6.45, 7) is 6.56. The van der Waals surface area contributed by atoms with Crippen LogP contribution in [0.2, 0.25) is 0 Å².